The van der Waals surface area contributed by atoms with Crippen LogP contribution in [-0.2, 0) is 33.0 Å². The van der Waals surface area contributed by atoms with Crippen molar-refractivity contribution < 1.29 is 0 Å². The Morgan fingerprint density at radius 2 is 2.29 bits per heavy atom. The number of aromatic amines is 1. The molecule has 0 radical (unpaired) electrons. The number of hydrogen-bond acceptors (Lipinski definition) is 4. The molecule has 2 aromatic heterocycles. The number of fused-ring (bicyclic) bond motifs is 1. The van der Waals surface area contributed by atoms with Crippen LogP contribution in [0.2, 0.25) is 0 Å². The summed E-state index contributed by atoms with van der Waals surface area (Å²) in [5.74, 6) is 1.84. The molecule has 0 aliphatic carbocycles. The Bertz CT molecular complexity index is 688. The van der Waals surface area contributed by atoms with E-state index in [0.29, 0.717) is 6.54 Å². The number of H-pyrrole nitrogens is 1. The highest BCUT2D eigenvalue weighted by Crippen LogP contribution is 2.16. The lowest BCUT2D eigenvalue weighted by molar-refractivity contribution is 0.233. The van der Waals surface area contributed by atoms with Crippen molar-refractivity contribution in [2.24, 2.45) is 7.05 Å². The first-order chi connectivity index (χ1) is 10.2. The molecule has 0 amide bonds. The van der Waals surface area contributed by atoms with Crippen molar-refractivity contribution in [1.29, 1.82) is 0 Å². The van der Waals surface area contributed by atoms with E-state index in [1.807, 2.05) is 17.8 Å². The molecule has 0 aromatic carbocycles. The summed E-state index contributed by atoms with van der Waals surface area (Å²) in [6.07, 6.45) is 6.41. The molecule has 0 atom stereocenters. The molecule has 0 saturated heterocycles. The Labute approximate surface area is 123 Å². The maximum absolute atomic E-state index is 12.2. The second-order valence-electron chi connectivity index (χ2n) is 5.60. The Balaban J connectivity index is 1.79. The predicted molar refractivity (Wildman–Crippen MR) is 79.9 cm³/mol. The van der Waals surface area contributed by atoms with E-state index in [2.05, 4.69) is 26.8 Å². The van der Waals surface area contributed by atoms with E-state index < -0.39 is 0 Å². The normalized spacial score (nSPS) is 15.1. The van der Waals surface area contributed by atoms with Crippen LogP contribution in [0.4, 0.5) is 0 Å². The second-order valence-corrected chi connectivity index (χ2v) is 5.60. The van der Waals surface area contributed by atoms with Crippen molar-refractivity contribution in [3.05, 3.63) is 45.7 Å². The standard InChI is InChI=1S/C15H21N5O/c1-3-4-13-17-12-5-7-20(9-11(12)15(21)18-13)10-14-16-6-8-19(14)2/h6,8H,3-5,7,9-10H2,1-2H3,(H,17,18,21). The van der Waals surface area contributed by atoms with Crippen LogP contribution < -0.4 is 5.56 Å². The van der Waals surface area contributed by atoms with Crippen molar-refractivity contribution in [3.8, 4) is 0 Å². The van der Waals surface area contributed by atoms with Gasteiger partial charge in [-0.15, -0.1) is 0 Å². The minimum absolute atomic E-state index is 0.0213. The zero-order valence-electron chi connectivity index (χ0n) is 12.6. The third kappa shape index (κ3) is 2.90. The van der Waals surface area contributed by atoms with Crippen LogP contribution in [0.15, 0.2) is 17.2 Å². The highest BCUT2D eigenvalue weighted by atomic mass is 16.1. The summed E-state index contributed by atoms with van der Waals surface area (Å²) in [7, 11) is 1.99. The van der Waals surface area contributed by atoms with Crippen molar-refractivity contribution in [3.63, 3.8) is 0 Å². The summed E-state index contributed by atoms with van der Waals surface area (Å²) in [5.41, 5.74) is 1.81. The van der Waals surface area contributed by atoms with Gasteiger partial charge in [-0.25, -0.2) is 9.97 Å². The van der Waals surface area contributed by atoms with Gasteiger partial charge in [0, 0.05) is 45.4 Å². The third-order valence-corrected chi connectivity index (χ3v) is 3.97. The molecule has 3 rings (SSSR count). The molecule has 6 heteroatoms. The molecule has 112 valence electrons. The molecular formula is C15H21N5O. The lowest BCUT2D eigenvalue weighted by atomic mass is 10.1. The van der Waals surface area contributed by atoms with Gasteiger partial charge >= 0.3 is 0 Å². The Hall–Kier alpha value is -1.95. The fourth-order valence-corrected chi connectivity index (χ4v) is 2.77. The zero-order chi connectivity index (χ0) is 14.8. The summed E-state index contributed by atoms with van der Waals surface area (Å²) in [6.45, 7) is 4.42. The van der Waals surface area contributed by atoms with Crippen LogP contribution in [0.5, 0.6) is 0 Å². The molecule has 2 aromatic rings. The van der Waals surface area contributed by atoms with Crippen LogP contribution in [0.25, 0.3) is 0 Å². The summed E-state index contributed by atoms with van der Waals surface area (Å²) in [4.78, 5) is 26.4. The molecule has 0 unspecified atom stereocenters. The fraction of sp³-hybridized carbons (Fsp3) is 0.533. The van der Waals surface area contributed by atoms with E-state index >= 15 is 0 Å². The monoisotopic (exact) mass is 287 g/mol. The van der Waals surface area contributed by atoms with Crippen LogP contribution >= 0.6 is 0 Å². The number of aryl methyl sites for hydroxylation is 2. The quantitative estimate of drug-likeness (QED) is 0.911. The number of nitrogens with zero attached hydrogens (tertiary/aromatic N) is 4. The summed E-state index contributed by atoms with van der Waals surface area (Å²) in [5, 5.41) is 0. The molecule has 6 nitrogen and oxygen atoms in total. The van der Waals surface area contributed by atoms with Gasteiger partial charge in [0.05, 0.1) is 17.8 Å². The number of hydrogen-bond donors (Lipinski definition) is 1. The van der Waals surface area contributed by atoms with Crippen molar-refractivity contribution >= 4 is 0 Å². The van der Waals surface area contributed by atoms with E-state index in [-0.39, 0.29) is 5.56 Å². The lowest BCUT2D eigenvalue weighted by Crippen LogP contribution is -2.36. The van der Waals surface area contributed by atoms with E-state index in [4.69, 9.17) is 0 Å². The zero-order valence-corrected chi connectivity index (χ0v) is 12.6. The highest BCUT2D eigenvalue weighted by Gasteiger charge is 2.21. The van der Waals surface area contributed by atoms with Crippen LogP contribution in [0.3, 0.4) is 0 Å². The topological polar surface area (TPSA) is 66.8 Å². The first kappa shape index (κ1) is 14.0. The Morgan fingerprint density at radius 3 is 3.00 bits per heavy atom. The summed E-state index contributed by atoms with van der Waals surface area (Å²) >= 11 is 0. The van der Waals surface area contributed by atoms with Gasteiger partial charge in [-0.05, 0) is 6.42 Å². The second kappa shape index (κ2) is 5.81. The van der Waals surface area contributed by atoms with Gasteiger partial charge in [0.25, 0.3) is 5.56 Å². The average molecular weight is 287 g/mol. The molecule has 1 aliphatic heterocycles. The lowest BCUT2D eigenvalue weighted by Gasteiger charge is -2.27. The first-order valence-corrected chi connectivity index (χ1v) is 7.47. The van der Waals surface area contributed by atoms with Crippen LogP contribution in [-0.4, -0.2) is 31.0 Å². The van der Waals surface area contributed by atoms with E-state index in [9.17, 15) is 4.79 Å². The Kier molecular flexibility index (Phi) is 3.88. The van der Waals surface area contributed by atoms with Crippen molar-refractivity contribution in [2.45, 2.75) is 39.3 Å². The first-order valence-electron chi connectivity index (χ1n) is 7.47. The minimum Gasteiger partial charge on any atom is -0.337 e. The maximum Gasteiger partial charge on any atom is 0.255 e. The van der Waals surface area contributed by atoms with Crippen LogP contribution in [0.1, 0.15) is 36.3 Å². The van der Waals surface area contributed by atoms with Gasteiger partial charge in [-0.2, -0.15) is 0 Å². The molecule has 1 N–H and O–H groups in total. The predicted octanol–water partition coefficient (Wildman–Crippen LogP) is 1.01. The largest absolute Gasteiger partial charge is 0.337 e. The molecule has 0 bridgehead atoms. The van der Waals surface area contributed by atoms with Gasteiger partial charge in [0.2, 0.25) is 0 Å². The molecule has 21 heavy (non-hydrogen) atoms. The Morgan fingerprint density at radius 1 is 1.43 bits per heavy atom. The highest BCUT2D eigenvalue weighted by molar-refractivity contribution is 5.21. The van der Waals surface area contributed by atoms with Gasteiger partial charge in [0.15, 0.2) is 0 Å². The van der Waals surface area contributed by atoms with E-state index in [1.54, 1.807) is 6.20 Å². The van der Waals surface area contributed by atoms with Crippen molar-refractivity contribution in [1.82, 2.24) is 24.4 Å². The number of aromatic nitrogens is 4. The van der Waals surface area contributed by atoms with Gasteiger partial charge in [-0.3, -0.25) is 9.69 Å². The molecule has 1 aliphatic rings. The molecule has 0 spiro atoms. The van der Waals surface area contributed by atoms with Gasteiger partial charge < -0.3 is 9.55 Å². The van der Waals surface area contributed by atoms with Crippen LogP contribution in [0, 0.1) is 0 Å². The van der Waals surface area contributed by atoms with Gasteiger partial charge in [0.1, 0.15) is 11.6 Å². The minimum atomic E-state index is 0.0213. The van der Waals surface area contributed by atoms with Gasteiger partial charge in [-0.1, -0.05) is 6.92 Å². The molecular weight excluding hydrogens is 266 g/mol. The van der Waals surface area contributed by atoms with E-state index in [1.165, 1.54) is 0 Å². The summed E-state index contributed by atoms with van der Waals surface area (Å²) in [6, 6.07) is 0. The SMILES string of the molecule is CCCc1nc2c(c(=O)[nH]1)CN(Cc1nccn1C)CC2. The smallest absolute Gasteiger partial charge is 0.255 e. The number of imidazole rings is 1. The molecule has 0 fully saturated rings. The maximum atomic E-state index is 12.2. The van der Waals surface area contributed by atoms with E-state index in [0.717, 1.165) is 55.3 Å². The number of rotatable bonds is 4. The summed E-state index contributed by atoms with van der Waals surface area (Å²) < 4.78 is 2.02. The average Bonchev–Trinajstić information content (AvgIpc) is 2.85. The number of nitrogens with one attached hydrogen (secondary N) is 1. The third-order valence-electron chi connectivity index (χ3n) is 3.97. The molecule has 0 saturated carbocycles. The fourth-order valence-electron chi connectivity index (χ4n) is 2.77. The van der Waals surface area contributed by atoms with Crippen molar-refractivity contribution in [2.75, 3.05) is 6.54 Å². The molecule has 3 heterocycles.